The zero-order chi connectivity index (χ0) is 14.4. The smallest absolute Gasteiger partial charge is 0.318 e. The molecule has 1 aromatic carbocycles. The maximum atomic E-state index is 11.7. The minimum atomic E-state index is -0.845. The highest BCUT2D eigenvalue weighted by molar-refractivity contribution is 5.96. The van der Waals surface area contributed by atoms with Gasteiger partial charge in [-0.25, -0.2) is 4.79 Å². The average Bonchev–Trinajstić information content (AvgIpc) is 2.37. The van der Waals surface area contributed by atoms with E-state index in [1.54, 1.807) is 26.0 Å². The molecule has 0 aliphatic carbocycles. The molecule has 19 heavy (non-hydrogen) atoms. The number of nitrogens with zero attached hydrogens (tertiary/aromatic N) is 1. The summed E-state index contributed by atoms with van der Waals surface area (Å²) in [6.07, 6.45) is 0. The molecule has 0 fully saturated rings. The molecule has 3 amide bonds. The Hall–Kier alpha value is -2.08. The van der Waals surface area contributed by atoms with Crippen LogP contribution in [0.5, 0.6) is 5.75 Å². The third-order valence-electron chi connectivity index (χ3n) is 2.90. The maximum Gasteiger partial charge on any atom is 0.318 e. The van der Waals surface area contributed by atoms with E-state index < -0.39 is 18.0 Å². The molecule has 1 rings (SSSR count). The van der Waals surface area contributed by atoms with E-state index >= 15 is 0 Å². The van der Waals surface area contributed by atoms with Crippen LogP contribution >= 0.6 is 0 Å². The summed E-state index contributed by atoms with van der Waals surface area (Å²) >= 11 is 0. The number of rotatable bonds is 5. The lowest BCUT2D eigenvalue weighted by atomic mass is 10.1. The van der Waals surface area contributed by atoms with Crippen molar-refractivity contribution in [3.63, 3.8) is 0 Å². The first-order valence-electron chi connectivity index (χ1n) is 5.88. The van der Waals surface area contributed by atoms with Gasteiger partial charge in [-0.3, -0.25) is 15.0 Å². The topological polar surface area (TPSA) is 84.7 Å². The van der Waals surface area contributed by atoms with Crippen LogP contribution in [0.25, 0.3) is 0 Å². The van der Waals surface area contributed by atoms with Gasteiger partial charge in [0.15, 0.2) is 0 Å². The van der Waals surface area contributed by atoms with Crippen molar-refractivity contribution in [3.05, 3.63) is 29.8 Å². The summed E-state index contributed by atoms with van der Waals surface area (Å²) in [6.45, 7) is 2.23. The zero-order valence-corrected chi connectivity index (χ0v) is 11.3. The Labute approximate surface area is 112 Å². The Morgan fingerprint density at radius 1 is 1.42 bits per heavy atom. The molecule has 0 saturated heterocycles. The average molecular weight is 265 g/mol. The first kappa shape index (κ1) is 15.0. The number of likely N-dealkylation sites (N-methyl/N-ethyl adjacent to an activating group) is 1. The third kappa shape index (κ3) is 4.26. The first-order chi connectivity index (χ1) is 8.95. The van der Waals surface area contributed by atoms with Crippen molar-refractivity contribution < 1.29 is 14.3 Å². The molecular formula is C13H19N3O3. The Morgan fingerprint density at radius 3 is 2.63 bits per heavy atom. The zero-order valence-electron chi connectivity index (χ0n) is 11.3. The molecule has 1 atom stereocenters. The van der Waals surface area contributed by atoms with Crippen LogP contribution in [0, 0.1) is 0 Å². The Balaban J connectivity index is 2.70. The predicted molar refractivity (Wildman–Crippen MR) is 71.6 cm³/mol. The second-order valence-corrected chi connectivity index (χ2v) is 4.26. The van der Waals surface area contributed by atoms with Crippen LogP contribution in [-0.4, -0.2) is 37.0 Å². The predicted octanol–water partition coefficient (Wildman–Crippen LogP) is 0.710. The van der Waals surface area contributed by atoms with Gasteiger partial charge < -0.3 is 10.5 Å². The van der Waals surface area contributed by atoms with Gasteiger partial charge >= 0.3 is 6.03 Å². The summed E-state index contributed by atoms with van der Waals surface area (Å²) in [5.41, 5.74) is 5.88. The van der Waals surface area contributed by atoms with E-state index in [1.165, 1.54) is 0 Å². The molecule has 0 saturated carbocycles. The molecule has 1 aromatic rings. The molecule has 6 nitrogen and oxygen atoms in total. The van der Waals surface area contributed by atoms with Crippen LogP contribution in [0.4, 0.5) is 4.79 Å². The number of ether oxygens (including phenoxy) is 1. The minimum Gasteiger partial charge on any atom is -0.496 e. The van der Waals surface area contributed by atoms with Crippen LogP contribution in [0.1, 0.15) is 12.5 Å². The van der Waals surface area contributed by atoms with Gasteiger partial charge in [0.05, 0.1) is 13.2 Å². The molecule has 0 aromatic heterocycles. The highest BCUT2D eigenvalue weighted by Gasteiger charge is 2.20. The van der Waals surface area contributed by atoms with Crippen molar-refractivity contribution >= 4 is 11.9 Å². The number of nitrogens with two attached hydrogens (primary N) is 1. The van der Waals surface area contributed by atoms with E-state index in [4.69, 9.17) is 10.5 Å². The number of para-hydroxylation sites is 1. The van der Waals surface area contributed by atoms with Crippen molar-refractivity contribution in [2.75, 3.05) is 14.2 Å². The highest BCUT2D eigenvalue weighted by Crippen LogP contribution is 2.19. The number of benzene rings is 1. The van der Waals surface area contributed by atoms with E-state index in [1.807, 2.05) is 24.3 Å². The summed E-state index contributed by atoms with van der Waals surface area (Å²) in [5.74, 6) is 0.335. The molecule has 0 spiro atoms. The lowest BCUT2D eigenvalue weighted by Crippen LogP contribution is -2.46. The number of amides is 3. The largest absolute Gasteiger partial charge is 0.496 e. The molecule has 0 radical (unpaired) electrons. The second kappa shape index (κ2) is 6.75. The van der Waals surface area contributed by atoms with Crippen LogP contribution < -0.4 is 15.8 Å². The van der Waals surface area contributed by atoms with Gasteiger partial charge in [0.2, 0.25) is 5.91 Å². The lowest BCUT2D eigenvalue weighted by molar-refractivity contribution is -0.124. The van der Waals surface area contributed by atoms with Crippen molar-refractivity contribution in [1.82, 2.24) is 10.2 Å². The molecule has 1 unspecified atom stereocenters. The van der Waals surface area contributed by atoms with Crippen LogP contribution in [0.3, 0.4) is 0 Å². The quantitative estimate of drug-likeness (QED) is 0.821. The van der Waals surface area contributed by atoms with Crippen LogP contribution in [0.15, 0.2) is 24.3 Å². The molecule has 104 valence electrons. The Bertz CT molecular complexity index is 462. The van der Waals surface area contributed by atoms with Gasteiger partial charge in [-0.05, 0) is 20.0 Å². The Morgan fingerprint density at radius 2 is 2.05 bits per heavy atom. The molecule has 0 bridgehead atoms. The monoisotopic (exact) mass is 265 g/mol. The summed E-state index contributed by atoms with van der Waals surface area (Å²) in [6, 6.07) is 6.25. The molecule has 3 N–H and O–H groups in total. The summed E-state index contributed by atoms with van der Waals surface area (Å²) in [4.78, 5) is 24.1. The SMILES string of the molecule is COc1ccccc1CN(C)C(C)C(=O)NC(N)=O. The molecule has 0 aliphatic rings. The van der Waals surface area contributed by atoms with Gasteiger partial charge in [-0.1, -0.05) is 18.2 Å². The number of urea groups is 1. The summed E-state index contributed by atoms with van der Waals surface area (Å²) in [7, 11) is 3.39. The number of carbonyl (C=O) groups excluding carboxylic acids is 2. The molecule has 6 heteroatoms. The van der Waals surface area contributed by atoms with E-state index in [0.717, 1.165) is 11.3 Å². The van der Waals surface area contributed by atoms with Gasteiger partial charge in [0, 0.05) is 12.1 Å². The normalized spacial score (nSPS) is 12.0. The second-order valence-electron chi connectivity index (χ2n) is 4.26. The molecule has 0 heterocycles. The van der Waals surface area contributed by atoms with Gasteiger partial charge in [0.1, 0.15) is 5.75 Å². The van der Waals surface area contributed by atoms with Crippen molar-refractivity contribution in [1.29, 1.82) is 0 Å². The van der Waals surface area contributed by atoms with Gasteiger partial charge in [0.25, 0.3) is 0 Å². The number of imide groups is 1. The summed E-state index contributed by atoms with van der Waals surface area (Å²) < 4.78 is 5.25. The van der Waals surface area contributed by atoms with Gasteiger partial charge in [-0.15, -0.1) is 0 Å². The number of hydrogen-bond donors (Lipinski definition) is 2. The van der Waals surface area contributed by atoms with E-state index in [2.05, 4.69) is 5.32 Å². The van der Waals surface area contributed by atoms with E-state index in [9.17, 15) is 9.59 Å². The van der Waals surface area contributed by atoms with Gasteiger partial charge in [-0.2, -0.15) is 0 Å². The number of nitrogens with one attached hydrogen (secondary N) is 1. The molecule has 0 aliphatic heterocycles. The standard InChI is InChI=1S/C13H19N3O3/c1-9(12(17)15-13(14)18)16(2)8-10-6-4-5-7-11(10)19-3/h4-7,9H,8H2,1-3H3,(H3,14,15,17,18). The van der Waals surface area contributed by atoms with Crippen molar-refractivity contribution in [3.8, 4) is 5.75 Å². The van der Waals surface area contributed by atoms with E-state index in [0.29, 0.717) is 6.54 Å². The maximum absolute atomic E-state index is 11.7. The minimum absolute atomic E-state index is 0.426. The van der Waals surface area contributed by atoms with Crippen LogP contribution in [-0.2, 0) is 11.3 Å². The Kier molecular flexibility index (Phi) is 5.32. The number of carbonyl (C=O) groups is 2. The highest BCUT2D eigenvalue weighted by atomic mass is 16.5. The fraction of sp³-hybridized carbons (Fsp3) is 0.385. The fourth-order valence-electron chi connectivity index (χ4n) is 1.67. The van der Waals surface area contributed by atoms with E-state index in [-0.39, 0.29) is 0 Å². The van der Waals surface area contributed by atoms with Crippen molar-refractivity contribution in [2.45, 2.75) is 19.5 Å². The van der Waals surface area contributed by atoms with Crippen molar-refractivity contribution in [2.24, 2.45) is 5.73 Å². The number of primary amides is 1. The first-order valence-corrected chi connectivity index (χ1v) is 5.88. The number of methoxy groups -OCH3 is 1. The van der Waals surface area contributed by atoms with Crippen LogP contribution in [0.2, 0.25) is 0 Å². The third-order valence-corrected chi connectivity index (χ3v) is 2.90. The molecular weight excluding hydrogens is 246 g/mol. The number of hydrogen-bond acceptors (Lipinski definition) is 4. The lowest BCUT2D eigenvalue weighted by Gasteiger charge is -2.24. The fourth-order valence-corrected chi connectivity index (χ4v) is 1.67. The summed E-state index contributed by atoms with van der Waals surface area (Å²) in [5, 5.41) is 2.06.